The maximum atomic E-state index is 11.5. The van der Waals surface area contributed by atoms with Crippen molar-refractivity contribution in [2.75, 3.05) is 89.9 Å². The standard InChI is InChI=1S/C30H39N9O3S2/c1-36-9-11-37(12-10-36)8-3-17-42-26-19-24-23(18-25(26)41-2)27-28(35-24)32-20-33-29(27)38-13-15-39(16-14-38)30(43)34-21-4-6-22(7-5-21)44(31)40/h4-7,18-20H,3,8-17,31H2,1-2H3,(H,34,43)(H,32,33,35). The van der Waals surface area contributed by atoms with Crippen molar-refractivity contribution in [3.05, 3.63) is 42.7 Å². The molecule has 44 heavy (non-hydrogen) atoms. The Balaban J connectivity index is 1.12. The lowest BCUT2D eigenvalue weighted by atomic mass is 10.1. The molecule has 14 heteroatoms. The molecule has 0 spiro atoms. The van der Waals surface area contributed by atoms with Gasteiger partial charge in [0.15, 0.2) is 16.6 Å². The third-order valence-electron chi connectivity index (χ3n) is 8.33. The van der Waals surface area contributed by atoms with Crippen LogP contribution in [0.25, 0.3) is 21.9 Å². The molecule has 6 rings (SSSR count). The minimum Gasteiger partial charge on any atom is -0.493 e. The van der Waals surface area contributed by atoms with Gasteiger partial charge in [-0.3, -0.25) is 0 Å². The highest BCUT2D eigenvalue weighted by Crippen LogP contribution is 2.38. The third-order valence-corrected chi connectivity index (χ3v) is 9.43. The number of likely N-dealkylation sites (N-methyl/N-ethyl adjacent to an activating group) is 1. The van der Waals surface area contributed by atoms with Crippen LogP contribution in [0.4, 0.5) is 11.5 Å². The number of thiocarbonyl (C=S) groups is 1. The average molecular weight is 638 g/mol. The number of anilines is 2. The van der Waals surface area contributed by atoms with Gasteiger partial charge < -0.3 is 39.4 Å². The van der Waals surface area contributed by atoms with Gasteiger partial charge in [0.1, 0.15) is 28.8 Å². The predicted molar refractivity (Wildman–Crippen MR) is 179 cm³/mol. The molecule has 1 atom stereocenters. The van der Waals surface area contributed by atoms with E-state index >= 15 is 0 Å². The molecule has 4 aromatic rings. The first-order valence-electron chi connectivity index (χ1n) is 14.8. The van der Waals surface area contributed by atoms with E-state index in [9.17, 15) is 4.21 Å². The van der Waals surface area contributed by atoms with Gasteiger partial charge >= 0.3 is 0 Å². The maximum Gasteiger partial charge on any atom is 0.173 e. The smallest absolute Gasteiger partial charge is 0.173 e. The molecule has 1 unspecified atom stereocenters. The van der Waals surface area contributed by atoms with Gasteiger partial charge in [0.05, 0.1) is 29.5 Å². The minimum atomic E-state index is -1.50. The largest absolute Gasteiger partial charge is 0.493 e. The first-order chi connectivity index (χ1) is 21.4. The summed E-state index contributed by atoms with van der Waals surface area (Å²) in [5, 5.41) is 11.3. The summed E-state index contributed by atoms with van der Waals surface area (Å²) in [6.45, 7) is 9.08. The van der Waals surface area contributed by atoms with Gasteiger partial charge in [-0.25, -0.2) is 19.3 Å². The number of nitrogens with two attached hydrogens (primary N) is 1. The summed E-state index contributed by atoms with van der Waals surface area (Å²) >= 11 is 5.69. The molecule has 2 aromatic heterocycles. The summed E-state index contributed by atoms with van der Waals surface area (Å²) in [7, 11) is 2.35. The fourth-order valence-electron chi connectivity index (χ4n) is 5.77. The molecule has 12 nitrogen and oxygen atoms in total. The number of aromatic nitrogens is 3. The Hall–Kier alpha value is -3.56. The quantitative estimate of drug-likeness (QED) is 0.185. The van der Waals surface area contributed by atoms with E-state index in [0.29, 0.717) is 22.4 Å². The summed E-state index contributed by atoms with van der Waals surface area (Å²) in [5.74, 6) is 2.30. The molecule has 0 radical (unpaired) electrons. The number of benzene rings is 2. The molecule has 2 aromatic carbocycles. The van der Waals surface area contributed by atoms with E-state index in [4.69, 9.17) is 31.8 Å². The van der Waals surface area contributed by atoms with Crippen molar-refractivity contribution in [3.63, 3.8) is 0 Å². The lowest BCUT2D eigenvalue weighted by molar-refractivity contribution is 0.145. The number of hydrogen-bond acceptors (Lipinski definition) is 9. The van der Waals surface area contributed by atoms with E-state index in [-0.39, 0.29) is 0 Å². The molecule has 0 aliphatic carbocycles. The van der Waals surface area contributed by atoms with Crippen molar-refractivity contribution < 1.29 is 13.7 Å². The lowest BCUT2D eigenvalue weighted by Crippen LogP contribution is -2.50. The first-order valence-corrected chi connectivity index (χ1v) is 16.5. The van der Waals surface area contributed by atoms with Gasteiger partial charge in [-0.05, 0) is 56.0 Å². The molecule has 234 valence electrons. The summed E-state index contributed by atoms with van der Waals surface area (Å²) < 4.78 is 23.4. The van der Waals surface area contributed by atoms with E-state index in [1.54, 1.807) is 25.6 Å². The van der Waals surface area contributed by atoms with E-state index in [2.05, 4.69) is 41.9 Å². The molecular formula is C30H39N9O3S2. The second-order valence-electron chi connectivity index (χ2n) is 11.2. The summed E-state index contributed by atoms with van der Waals surface area (Å²) in [6, 6.07) is 11.2. The van der Waals surface area contributed by atoms with Crippen molar-refractivity contribution in [3.8, 4) is 11.5 Å². The number of methoxy groups -OCH3 is 1. The molecule has 2 saturated heterocycles. The molecule has 0 bridgehead atoms. The first kappa shape index (κ1) is 30.5. The van der Waals surface area contributed by atoms with E-state index in [1.807, 2.05) is 24.3 Å². The fourth-order valence-corrected chi connectivity index (χ4v) is 6.47. The van der Waals surface area contributed by atoms with Crippen molar-refractivity contribution >= 4 is 61.8 Å². The number of H-pyrrole nitrogens is 1. The normalized spacial score (nSPS) is 17.2. The average Bonchev–Trinajstić information content (AvgIpc) is 3.41. The number of aromatic amines is 1. The monoisotopic (exact) mass is 637 g/mol. The van der Waals surface area contributed by atoms with Crippen molar-refractivity contribution in [1.29, 1.82) is 0 Å². The lowest BCUT2D eigenvalue weighted by Gasteiger charge is -2.37. The second kappa shape index (κ2) is 13.6. The van der Waals surface area contributed by atoms with Gasteiger partial charge in [0.2, 0.25) is 0 Å². The minimum absolute atomic E-state index is 0.571. The van der Waals surface area contributed by atoms with Gasteiger partial charge in [0.25, 0.3) is 0 Å². The number of rotatable bonds is 9. The SMILES string of the molecule is COc1cc2c(cc1OCCCN1CCN(C)CC1)[nH]c1ncnc(N3CCN(C(=S)Nc4ccc(S(N)=O)cc4)CC3)c12. The molecule has 4 N–H and O–H groups in total. The van der Waals surface area contributed by atoms with Crippen molar-refractivity contribution in [2.45, 2.75) is 11.3 Å². The van der Waals surface area contributed by atoms with Gasteiger partial charge in [-0.1, -0.05) is 0 Å². The molecule has 2 aliphatic rings. The Bertz CT molecular complexity index is 1630. The third kappa shape index (κ3) is 6.74. The summed E-state index contributed by atoms with van der Waals surface area (Å²) in [4.78, 5) is 22.6. The Morgan fingerprint density at radius 2 is 1.80 bits per heavy atom. The topological polar surface area (TPSA) is 128 Å². The number of hydrogen-bond donors (Lipinski definition) is 3. The van der Waals surface area contributed by atoms with E-state index in [0.717, 1.165) is 105 Å². The highest BCUT2D eigenvalue weighted by atomic mass is 32.2. The van der Waals surface area contributed by atoms with Crippen LogP contribution in [-0.4, -0.2) is 119 Å². The fraction of sp³-hybridized carbons (Fsp3) is 0.433. The molecule has 4 heterocycles. The van der Waals surface area contributed by atoms with Crippen LogP contribution in [0.3, 0.4) is 0 Å². The summed E-state index contributed by atoms with van der Waals surface area (Å²) in [5.41, 5.74) is 2.54. The predicted octanol–water partition coefficient (Wildman–Crippen LogP) is 2.64. The Labute approximate surface area is 265 Å². The van der Waals surface area contributed by atoms with E-state index in [1.165, 1.54) is 0 Å². The van der Waals surface area contributed by atoms with Crippen LogP contribution in [0.1, 0.15) is 6.42 Å². The molecule has 0 amide bonds. The number of piperazine rings is 2. The van der Waals surface area contributed by atoms with E-state index < -0.39 is 11.0 Å². The molecular weight excluding hydrogens is 599 g/mol. The van der Waals surface area contributed by atoms with Crippen molar-refractivity contribution in [2.24, 2.45) is 5.14 Å². The Morgan fingerprint density at radius 1 is 1.05 bits per heavy atom. The highest BCUT2D eigenvalue weighted by Gasteiger charge is 2.24. The Kier molecular flexibility index (Phi) is 9.42. The zero-order valence-corrected chi connectivity index (χ0v) is 26.8. The Morgan fingerprint density at radius 3 is 2.50 bits per heavy atom. The second-order valence-corrected chi connectivity index (χ2v) is 12.6. The highest BCUT2D eigenvalue weighted by molar-refractivity contribution is 7.82. The van der Waals surface area contributed by atoms with Crippen LogP contribution in [0, 0.1) is 0 Å². The van der Waals surface area contributed by atoms with Crippen LogP contribution in [-0.2, 0) is 11.0 Å². The molecule has 2 fully saturated rings. The van der Waals surface area contributed by atoms with Gasteiger partial charge in [-0.15, -0.1) is 0 Å². The number of nitrogens with one attached hydrogen (secondary N) is 2. The zero-order chi connectivity index (χ0) is 30.6. The molecule has 2 aliphatic heterocycles. The van der Waals surface area contributed by atoms with Gasteiger partial charge in [0, 0.05) is 76.0 Å². The summed E-state index contributed by atoms with van der Waals surface area (Å²) in [6.07, 6.45) is 2.57. The van der Waals surface area contributed by atoms with Crippen LogP contribution in [0.2, 0.25) is 0 Å². The van der Waals surface area contributed by atoms with Crippen LogP contribution in [0.5, 0.6) is 11.5 Å². The number of nitrogens with zero attached hydrogens (tertiary/aromatic N) is 6. The van der Waals surface area contributed by atoms with Crippen LogP contribution < -0.4 is 24.8 Å². The number of ether oxygens (including phenoxy) is 2. The zero-order valence-electron chi connectivity index (χ0n) is 25.1. The maximum absolute atomic E-state index is 11.5. The van der Waals surface area contributed by atoms with Crippen LogP contribution in [0.15, 0.2) is 47.6 Å². The van der Waals surface area contributed by atoms with Gasteiger partial charge in [-0.2, -0.15) is 0 Å². The van der Waals surface area contributed by atoms with Crippen LogP contribution >= 0.6 is 12.2 Å². The molecule has 0 saturated carbocycles. The number of fused-ring (bicyclic) bond motifs is 3. The van der Waals surface area contributed by atoms with Crippen molar-refractivity contribution in [1.82, 2.24) is 29.7 Å².